The van der Waals surface area contributed by atoms with Crippen LogP contribution < -0.4 is 20.9 Å². The van der Waals surface area contributed by atoms with Gasteiger partial charge in [0.2, 0.25) is 0 Å². The number of halogens is 3. The van der Waals surface area contributed by atoms with Crippen LogP contribution >= 0.6 is 0 Å². The SMILES string of the molecule is O=C(Nc1ccc(N2CCCC2)c(C(=O)NCCc2ccccc2)c1)Nc1ccccc1C(F)(F)F. The van der Waals surface area contributed by atoms with E-state index in [-0.39, 0.29) is 11.6 Å². The average Bonchev–Trinajstić information content (AvgIpc) is 3.39. The van der Waals surface area contributed by atoms with E-state index in [0.717, 1.165) is 43.2 Å². The summed E-state index contributed by atoms with van der Waals surface area (Å²) in [7, 11) is 0. The van der Waals surface area contributed by atoms with Crippen LogP contribution in [0.4, 0.5) is 35.0 Å². The van der Waals surface area contributed by atoms with Crippen LogP contribution in [0.1, 0.15) is 34.3 Å². The third-order valence-corrected chi connectivity index (χ3v) is 5.97. The topological polar surface area (TPSA) is 73.5 Å². The van der Waals surface area contributed by atoms with Crippen molar-refractivity contribution in [3.63, 3.8) is 0 Å². The van der Waals surface area contributed by atoms with Gasteiger partial charge in [0.15, 0.2) is 0 Å². The minimum atomic E-state index is -4.60. The van der Waals surface area contributed by atoms with Crippen LogP contribution in [0, 0.1) is 0 Å². The number of hydrogen-bond donors (Lipinski definition) is 3. The van der Waals surface area contributed by atoms with Crippen LogP contribution in [0.25, 0.3) is 0 Å². The highest BCUT2D eigenvalue weighted by Gasteiger charge is 2.33. The van der Waals surface area contributed by atoms with Gasteiger partial charge in [0.25, 0.3) is 5.91 Å². The molecule has 0 aliphatic carbocycles. The minimum Gasteiger partial charge on any atom is -0.371 e. The van der Waals surface area contributed by atoms with Crippen LogP contribution in [0.3, 0.4) is 0 Å². The fraction of sp³-hybridized carbons (Fsp3) is 0.259. The molecular formula is C27H27F3N4O2. The Bertz CT molecular complexity index is 1210. The summed E-state index contributed by atoms with van der Waals surface area (Å²) in [5.74, 6) is -0.278. The van der Waals surface area contributed by atoms with E-state index in [1.54, 1.807) is 18.2 Å². The number of carbonyl (C=O) groups is 2. The molecule has 3 aromatic carbocycles. The fourth-order valence-corrected chi connectivity index (χ4v) is 4.21. The lowest BCUT2D eigenvalue weighted by Gasteiger charge is -2.22. The highest BCUT2D eigenvalue weighted by atomic mass is 19.4. The Morgan fingerprint density at radius 2 is 1.56 bits per heavy atom. The predicted octanol–water partition coefficient (Wildman–Crippen LogP) is 5.92. The van der Waals surface area contributed by atoms with E-state index in [4.69, 9.17) is 0 Å². The lowest BCUT2D eigenvalue weighted by atomic mass is 10.1. The number of rotatable bonds is 7. The first kappa shape index (κ1) is 25.1. The van der Waals surface area contributed by atoms with Crippen molar-refractivity contribution >= 4 is 29.0 Å². The summed E-state index contributed by atoms with van der Waals surface area (Å²) >= 11 is 0. The number of nitrogens with one attached hydrogen (secondary N) is 3. The number of urea groups is 1. The summed E-state index contributed by atoms with van der Waals surface area (Å²) < 4.78 is 39.7. The van der Waals surface area contributed by atoms with Crippen molar-refractivity contribution < 1.29 is 22.8 Å². The minimum absolute atomic E-state index is 0.278. The van der Waals surface area contributed by atoms with E-state index in [1.807, 2.05) is 30.3 Å². The third kappa shape index (κ3) is 6.35. The molecule has 0 radical (unpaired) electrons. The maximum absolute atomic E-state index is 13.2. The van der Waals surface area contributed by atoms with Gasteiger partial charge in [-0.05, 0) is 55.2 Å². The van der Waals surface area contributed by atoms with Crippen molar-refractivity contribution in [3.05, 3.63) is 89.5 Å². The number of alkyl halides is 3. The summed E-state index contributed by atoms with van der Waals surface area (Å²) in [6.45, 7) is 2.09. The van der Waals surface area contributed by atoms with Crippen molar-refractivity contribution in [1.82, 2.24) is 5.32 Å². The van der Waals surface area contributed by atoms with E-state index in [0.29, 0.717) is 24.2 Å². The van der Waals surface area contributed by atoms with E-state index < -0.39 is 17.8 Å². The molecule has 1 saturated heterocycles. The zero-order chi connectivity index (χ0) is 25.5. The van der Waals surface area contributed by atoms with Crippen LogP contribution in [0.15, 0.2) is 72.8 Å². The molecule has 0 unspecified atom stereocenters. The van der Waals surface area contributed by atoms with Gasteiger partial charge in [0, 0.05) is 31.0 Å². The zero-order valence-corrected chi connectivity index (χ0v) is 19.6. The fourth-order valence-electron chi connectivity index (χ4n) is 4.21. The molecule has 0 spiro atoms. The number of amides is 3. The molecule has 0 aromatic heterocycles. The molecule has 36 heavy (non-hydrogen) atoms. The van der Waals surface area contributed by atoms with E-state index in [1.165, 1.54) is 18.2 Å². The van der Waals surface area contributed by atoms with Crippen LogP contribution in [-0.4, -0.2) is 31.6 Å². The summed E-state index contributed by atoms with van der Waals surface area (Å²) in [5.41, 5.74) is 1.27. The molecule has 6 nitrogen and oxygen atoms in total. The predicted molar refractivity (Wildman–Crippen MR) is 134 cm³/mol. The molecule has 1 aliphatic heterocycles. The number of nitrogens with zero attached hydrogens (tertiary/aromatic N) is 1. The van der Waals surface area contributed by atoms with Gasteiger partial charge in [-0.2, -0.15) is 13.2 Å². The van der Waals surface area contributed by atoms with Crippen LogP contribution in [-0.2, 0) is 12.6 Å². The van der Waals surface area contributed by atoms with E-state index in [9.17, 15) is 22.8 Å². The Kier molecular flexibility index (Phi) is 7.77. The Labute approximate surface area is 207 Å². The lowest BCUT2D eigenvalue weighted by molar-refractivity contribution is -0.136. The molecule has 0 saturated carbocycles. The third-order valence-electron chi connectivity index (χ3n) is 5.97. The highest BCUT2D eigenvalue weighted by molar-refractivity contribution is 6.04. The van der Waals surface area contributed by atoms with Crippen LogP contribution in [0.5, 0.6) is 0 Å². The number of benzene rings is 3. The van der Waals surface area contributed by atoms with E-state index in [2.05, 4.69) is 20.9 Å². The van der Waals surface area contributed by atoms with Crippen molar-refractivity contribution in [2.45, 2.75) is 25.4 Å². The molecule has 3 aromatic rings. The molecular weight excluding hydrogens is 469 g/mol. The number of hydrogen-bond acceptors (Lipinski definition) is 3. The first-order valence-corrected chi connectivity index (χ1v) is 11.8. The van der Waals surface area contributed by atoms with Gasteiger partial charge < -0.3 is 20.9 Å². The second-order valence-electron chi connectivity index (χ2n) is 8.54. The first-order valence-electron chi connectivity index (χ1n) is 11.8. The molecule has 1 aliphatic rings. The summed E-state index contributed by atoms with van der Waals surface area (Å²) in [4.78, 5) is 27.7. The number of para-hydroxylation sites is 1. The normalized spacial score (nSPS) is 13.4. The Morgan fingerprint density at radius 1 is 0.861 bits per heavy atom. The van der Waals surface area contributed by atoms with Gasteiger partial charge in [-0.1, -0.05) is 42.5 Å². The maximum atomic E-state index is 13.2. The van der Waals surface area contributed by atoms with Gasteiger partial charge in [-0.15, -0.1) is 0 Å². The molecule has 3 N–H and O–H groups in total. The highest BCUT2D eigenvalue weighted by Crippen LogP contribution is 2.34. The Balaban J connectivity index is 1.48. The van der Waals surface area contributed by atoms with Crippen molar-refractivity contribution in [2.75, 3.05) is 35.2 Å². The number of carbonyl (C=O) groups excluding carboxylic acids is 2. The quantitative estimate of drug-likeness (QED) is 0.380. The van der Waals surface area contributed by atoms with Gasteiger partial charge in [0.05, 0.1) is 16.8 Å². The Hall–Kier alpha value is -4.01. The molecule has 3 amide bonds. The lowest BCUT2D eigenvalue weighted by Crippen LogP contribution is -2.29. The van der Waals surface area contributed by atoms with E-state index >= 15 is 0 Å². The largest absolute Gasteiger partial charge is 0.418 e. The molecule has 9 heteroatoms. The zero-order valence-electron chi connectivity index (χ0n) is 19.6. The summed E-state index contributed by atoms with van der Waals surface area (Å²) in [6, 6.07) is 18.7. The second kappa shape index (κ2) is 11.2. The van der Waals surface area contributed by atoms with Gasteiger partial charge in [-0.25, -0.2) is 4.79 Å². The molecule has 188 valence electrons. The second-order valence-corrected chi connectivity index (χ2v) is 8.54. The molecule has 0 bridgehead atoms. The average molecular weight is 497 g/mol. The van der Waals surface area contributed by atoms with Gasteiger partial charge in [0.1, 0.15) is 0 Å². The van der Waals surface area contributed by atoms with Crippen LogP contribution in [0.2, 0.25) is 0 Å². The molecule has 4 rings (SSSR count). The van der Waals surface area contributed by atoms with Gasteiger partial charge in [-0.3, -0.25) is 4.79 Å². The standard InChI is InChI=1S/C27H27F3N4O2/c28-27(29,30)22-10-4-5-11-23(22)33-26(36)32-20-12-13-24(34-16-6-7-17-34)21(18-20)25(35)31-15-14-19-8-2-1-3-9-19/h1-5,8-13,18H,6-7,14-17H2,(H,31,35)(H2,32,33,36). The molecule has 1 fully saturated rings. The smallest absolute Gasteiger partial charge is 0.371 e. The summed E-state index contributed by atoms with van der Waals surface area (Å²) in [6.07, 6.45) is -1.89. The number of anilines is 3. The molecule has 1 heterocycles. The first-order chi connectivity index (χ1) is 17.3. The summed E-state index contributed by atoms with van der Waals surface area (Å²) in [5, 5.41) is 7.74. The van der Waals surface area contributed by atoms with Crippen molar-refractivity contribution in [3.8, 4) is 0 Å². The monoisotopic (exact) mass is 496 g/mol. The molecule has 0 atom stereocenters. The van der Waals surface area contributed by atoms with Gasteiger partial charge >= 0.3 is 12.2 Å². The van der Waals surface area contributed by atoms with Crippen molar-refractivity contribution in [1.29, 1.82) is 0 Å². The Morgan fingerprint density at radius 3 is 2.28 bits per heavy atom. The van der Waals surface area contributed by atoms with Crippen molar-refractivity contribution in [2.24, 2.45) is 0 Å². The maximum Gasteiger partial charge on any atom is 0.418 e.